The van der Waals surface area contributed by atoms with E-state index in [4.69, 9.17) is 0 Å². The molecule has 0 bridgehead atoms. The molecule has 0 heterocycles. The van der Waals surface area contributed by atoms with E-state index in [1.165, 1.54) is 54.9 Å². The minimum Gasteiger partial charge on any atom is -0.208 e. The molecule has 0 saturated carbocycles. The second-order valence-corrected chi connectivity index (χ2v) is 15.9. The van der Waals surface area contributed by atoms with Crippen molar-refractivity contribution in [3.8, 4) is 0 Å². The molecule has 5 rings (SSSR count). The number of halogens is 2. The van der Waals surface area contributed by atoms with Crippen LogP contribution in [0.4, 0.5) is 0 Å². The summed E-state index contributed by atoms with van der Waals surface area (Å²) in [5.41, 5.74) is 8.17. The van der Waals surface area contributed by atoms with Crippen molar-refractivity contribution in [1.29, 1.82) is 0 Å². The molecule has 5 aromatic carbocycles. The van der Waals surface area contributed by atoms with Crippen molar-refractivity contribution >= 4 is 52.5 Å². The van der Waals surface area contributed by atoms with E-state index in [0.717, 1.165) is 0 Å². The third-order valence-corrected chi connectivity index (χ3v) is 5.29. The Hall–Kier alpha value is -1.48. The van der Waals surface area contributed by atoms with Crippen LogP contribution in [0.2, 0.25) is 13.1 Å². The van der Waals surface area contributed by atoms with E-state index in [9.17, 15) is 0 Å². The van der Waals surface area contributed by atoms with E-state index in [0.29, 0.717) is 0 Å². The third kappa shape index (κ3) is 11.4. The maximum Gasteiger partial charge on any atom is -0.0488 e. The van der Waals surface area contributed by atoms with Crippen LogP contribution >= 0.6 is 24.8 Å². The second kappa shape index (κ2) is 16.3. The summed E-state index contributed by atoms with van der Waals surface area (Å²) in [5, 5.41) is 5.51. The van der Waals surface area contributed by atoms with Crippen molar-refractivity contribution in [3.05, 3.63) is 112 Å². The molecule has 0 amide bonds. The summed E-state index contributed by atoms with van der Waals surface area (Å²) in [6.07, 6.45) is 0.120. The third-order valence-electron chi connectivity index (χ3n) is 5.29. The predicted octanol–water partition coefficient (Wildman–Crippen LogP) is 10.0. The average molecular weight is 559 g/mol. The zero-order chi connectivity index (χ0) is 24.5. The van der Waals surface area contributed by atoms with E-state index in [1.807, 2.05) is 0 Å². The van der Waals surface area contributed by atoms with Crippen molar-refractivity contribution in [3.63, 3.8) is 0 Å². The minimum atomic E-state index is 0. The largest absolute Gasteiger partial charge is 0.208 e. The molecule has 0 aromatic heterocycles. The first-order chi connectivity index (χ1) is 15.6. The Labute approximate surface area is 237 Å². The number of hydrogen-bond donors (Lipinski definition) is 0. The molecule has 0 fully saturated rings. The quantitative estimate of drug-likeness (QED) is 0.131. The van der Waals surface area contributed by atoms with Crippen LogP contribution < -0.4 is 0 Å². The van der Waals surface area contributed by atoms with Gasteiger partial charge in [-0.05, 0) is 13.8 Å². The Morgan fingerprint density at radius 3 is 1.29 bits per heavy atom. The van der Waals surface area contributed by atoms with Gasteiger partial charge in [-0.25, -0.2) is 11.6 Å². The molecular formula is C31H39Cl2SiTi-3. The number of benzene rings is 2. The van der Waals surface area contributed by atoms with Gasteiger partial charge in [0.25, 0.3) is 0 Å². The first kappa shape index (κ1) is 33.5. The summed E-state index contributed by atoms with van der Waals surface area (Å²) in [6.45, 7) is 17.3. The summed E-state index contributed by atoms with van der Waals surface area (Å²) in [4.78, 5) is 0. The van der Waals surface area contributed by atoms with E-state index < -0.39 is 0 Å². The van der Waals surface area contributed by atoms with Crippen LogP contribution in [0, 0.1) is 41.5 Å². The van der Waals surface area contributed by atoms with Gasteiger partial charge in [-0.3, -0.25) is 0 Å². The van der Waals surface area contributed by atoms with E-state index in [1.54, 1.807) is 0 Å². The van der Waals surface area contributed by atoms with Gasteiger partial charge in [0.15, 0.2) is 0 Å². The SMILES string of the molecule is C[Si](C)=[Ti].Cc1c[cH-]c(C)c1.Cc1cc2c(C)cccc2[cH-]1.Cc1cc2c(C)cccc2[cH-]1.Cl.Cl. The number of fused-ring (bicyclic) bond motifs is 2. The monoisotopic (exact) mass is 557 g/mol. The van der Waals surface area contributed by atoms with Crippen LogP contribution in [0.15, 0.2) is 78.9 Å². The van der Waals surface area contributed by atoms with E-state index >= 15 is 0 Å². The van der Waals surface area contributed by atoms with Gasteiger partial charge in [-0.2, -0.15) is 29.8 Å². The Morgan fingerprint density at radius 1 is 0.629 bits per heavy atom. The molecule has 188 valence electrons. The zero-order valence-corrected chi connectivity index (χ0v) is 26.5. The summed E-state index contributed by atoms with van der Waals surface area (Å²) in [6, 6.07) is 28.2. The van der Waals surface area contributed by atoms with Crippen LogP contribution in [0.1, 0.15) is 33.4 Å². The summed E-state index contributed by atoms with van der Waals surface area (Å²) >= 11 is 2.27. The van der Waals surface area contributed by atoms with Gasteiger partial charge in [0.1, 0.15) is 0 Å². The Morgan fingerprint density at radius 2 is 1.03 bits per heavy atom. The van der Waals surface area contributed by atoms with Crippen LogP contribution in [-0.2, 0) is 19.2 Å². The van der Waals surface area contributed by atoms with Gasteiger partial charge in [0, 0.05) is 0 Å². The normalized spacial score (nSPS) is 9.34. The van der Waals surface area contributed by atoms with Crippen LogP contribution in [0.3, 0.4) is 0 Å². The van der Waals surface area contributed by atoms with Crippen molar-refractivity contribution in [2.75, 3.05) is 0 Å². The number of hydrogen-bond acceptors (Lipinski definition) is 0. The van der Waals surface area contributed by atoms with Crippen LogP contribution in [0.25, 0.3) is 21.5 Å². The summed E-state index contributed by atoms with van der Waals surface area (Å²) in [7, 11) is 0. The van der Waals surface area contributed by atoms with E-state index in [2.05, 4.69) is 153 Å². The molecule has 35 heavy (non-hydrogen) atoms. The summed E-state index contributed by atoms with van der Waals surface area (Å²) in [5.74, 6) is 0. The van der Waals surface area contributed by atoms with Gasteiger partial charge in [0.2, 0.25) is 0 Å². The Kier molecular flexibility index (Phi) is 15.6. The molecule has 4 heteroatoms. The first-order valence-corrected chi connectivity index (χ1v) is 16.4. The van der Waals surface area contributed by atoms with Gasteiger partial charge in [-0.15, -0.1) is 93.9 Å². The Balaban J connectivity index is 0.000000458. The van der Waals surface area contributed by atoms with Crippen molar-refractivity contribution in [2.24, 2.45) is 0 Å². The smallest absolute Gasteiger partial charge is 0.0488 e. The average Bonchev–Trinajstić information content (AvgIpc) is 3.41. The second-order valence-electron chi connectivity index (χ2n) is 9.19. The maximum atomic E-state index is 2.27. The fourth-order valence-electron chi connectivity index (χ4n) is 3.80. The zero-order valence-electron chi connectivity index (χ0n) is 22.3. The van der Waals surface area contributed by atoms with Gasteiger partial charge in [0.05, 0.1) is 0 Å². The molecule has 0 radical (unpaired) electrons. The molecule has 0 saturated heterocycles. The fraction of sp³-hybridized carbons (Fsp3) is 0.258. The maximum absolute atomic E-state index is 2.27. The fourth-order valence-corrected chi connectivity index (χ4v) is 3.80. The van der Waals surface area contributed by atoms with Gasteiger partial charge >= 0.3 is 38.5 Å². The number of aryl methyl sites for hydroxylation is 6. The van der Waals surface area contributed by atoms with E-state index in [-0.39, 0.29) is 31.0 Å². The molecule has 0 nitrogen and oxygen atoms in total. The number of rotatable bonds is 0. The molecule has 0 atom stereocenters. The van der Waals surface area contributed by atoms with Crippen LogP contribution in [0.5, 0.6) is 0 Å². The first-order valence-electron chi connectivity index (χ1n) is 11.5. The molecule has 0 N–H and O–H groups in total. The molecular weight excluding hydrogens is 519 g/mol. The van der Waals surface area contributed by atoms with Crippen molar-refractivity contribution in [1.82, 2.24) is 0 Å². The van der Waals surface area contributed by atoms with Gasteiger partial charge < -0.3 is 0 Å². The molecule has 0 aliphatic rings. The standard InChI is InChI=1S/2C11H11.C7H9.C2H6Si.2ClH.Ti/c2*1-8-6-10-5-3-4-9(2)11(10)7-8;1-6-3-4-7(2)5-6;1-3-2;;;/h2*3-7H,1-2H3;3-5H,1-2H3;1-2H3;2*1H;/q3*-1;;;;. The minimum absolute atomic E-state index is 0. The Bertz CT molecular complexity index is 1220. The molecule has 0 spiro atoms. The molecule has 0 aliphatic heterocycles. The van der Waals surface area contributed by atoms with Gasteiger partial charge in [-0.1, -0.05) is 51.0 Å². The molecule has 0 unspecified atom stereocenters. The topological polar surface area (TPSA) is 0 Å². The van der Waals surface area contributed by atoms with Crippen LogP contribution in [-0.4, -0.2) is 6.19 Å². The molecule has 5 aromatic rings. The van der Waals surface area contributed by atoms with Crippen molar-refractivity contribution < 1.29 is 19.2 Å². The summed E-state index contributed by atoms with van der Waals surface area (Å²) < 4.78 is 0. The van der Waals surface area contributed by atoms with Crippen molar-refractivity contribution in [2.45, 2.75) is 54.6 Å². The molecule has 0 aliphatic carbocycles. The predicted molar refractivity (Wildman–Crippen MR) is 162 cm³/mol.